The fraction of sp³-hybridized carbons (Fsp3) is 0.292. The number of carbonyl (C=O) groups is 2. The molecule has 0 aromatic heterocycles. The zero-order valence-corrected chi connectivity index (χ0v) is 21.3. The van der Waals surface area contributed by atoms with Crippen molar-refractivity contribution in [2.24, 2.45) is 11.6 Å². The summed E-state index contributed by atoms with van der Waals surface area (Å²) >= 11 is 1.53. The number of thioether (sulfide) groups is 1. The van der Waals surface area contributed by atoms with Crippen LogP contribution in [0.3, 0.4) is 0 Å². The van der Waals surface area contributed by atoms with E-state index in [1.807, 2.05) is 24.5 Å². The van der Waals surface area contributed by atoms with E-state index in [2.05, 4.69) is 16.7 Å². The maximum atomic E-state index is 12.7. The van der Waals surface area contributed by atoms with Crippen LogP contribution in [0.15, 0.2) is 53.2 Å². The van der Waals surface area contributed by atoms with Crippen LogP contribution in [0.5, 0.6) is 17.2 Å². The monoisotopic (exact) mass is 514 g/mol. The van der Waals surface area contributed by atoms with Gasteiger partial charge in [-0.2, -0.15) is 5.26 Å². The van der Waals surface area contributed by atoms with Gasteiger partial charge in [-0.1, -0.05) is 12.1 Å². The molecule has 1 unspecified atom stereocenters. The molecule has 0 aliphatic rings. The molecule has 2 amide bonds. The lowest BCUT2D eigenvalue weighted by molar-refractivity contribution is -0.118. The minimum Gasteiger partial charge on any atom is -0.493 e. The van der Waals surface area contributed by atoms with E-state index in [0.717, 1.165) is 9.90 Å². The lowest BCUT2D eigenvalue weighted by atomic mass is 10.1. The van der Waals surface area contributed by atoms with Gasteiger partial charge in [0.05, 0.1) is 39.5 Å². The zero-order chi connectivity index (χ0) is 26.7. The molecule has 0 heterocycles. The Morgan fingerprint density at radius 1 is 1.17 bits per heavy atom. The van der Waals surface area contributed by atoms with Crippen molar-refractivity contribution >= 4 is 23.6 Å². The summed E-state index contributed by atoms with van der Waals surface area (Å²) in [6.45, 7) is 0.285. The number of hydrogen-bond donors (Lipinski definition) is 4. The van der Waals surface area contributed by atoms with Gasteiger partial charge in [0, 0.05) is 17.6 Å². The second kappa shape index (κ2) is 13.7. The molecule has 2 rings (SSSR count). The summed E-state index contributed by atoms with van der Waals surface area (Å²) in [5, 5.41) is 15.9. The molecule has 12 heteroatoms. The highest BCUT2D eigenvalue weighted by Crippen LogP contribution is 2.39. The van der Waals surface area contributed by atoms with Crippen molar-refractivity contribution in [3.8, 4) is 23.3 Å². The highest BCUT2D eigenvalue weighted by atomic mass is 32.2. The molecule has 0 bridgehead atoms. The number of nitrogens with zero attached hydrogens (tertiary/aromatic N) is 2. The molecule has 192 valence electrons. The number of ether oxygens (including phenoxy) is 3. The van der Waals surface area contributed by atoms with Gasteiger partial charge in [-0.15, -0.1) is 11.8 Å². The van der Waals surface area contributed by atoms with Crippen molar-refractivity contribution in [3.63, 3.8) is 0 Å². The molecule has 1 atom stereocenters. The zero-order valence-electron chi connectivity index (χ0n) is 20.5. The van der Waals surface area contributed by atoms with E-state index in [1.54, 1.807) is 18.2 Å². The fourth-order valence-electron chi connectivity index (χ4n) is 3.20. The normalized spacial score (nSPS) is 11.6. The fourth-order valence-corrected chi connectivity index (χ4v) is 3.67. The summed E-state index contributed by atoms with van der Waals surface area (Å²) in [5.74, 6) is 5.79. The van der Waals surface area contributed by atoms with Gasteiger partial charge < -0.3 is 35.6 Å². The van der Waals surface area contributed by atoms with Crippen LogP contribution in [0.2, 0.25) is 0 Å². The summed E-state index contributed by atoms with van der Waals surface area (Å²) in [4.78, 5) is 26.1. The molecule has 0 aliphatic carbocycles. The molecule has 0 saturated heterocycles. The van der Waals surface area contributed by atoms with Gasteiger partial charge >= 0.3 is 0 Å². The molecule has 36 heavy (non-hydrogen) atoms. The first-order chi connectivity index (χ1) is 17.3. The van der Waals surface area contributed by atoms with Gasteiger partial charge in [-0.05, 0) is 36.1 Å². The van der Waals surface area contributed by atoms with Crippen molar-refractivity contribution in [3.05, 3.63) is 59.4 Å². The van der Waals surface area contributed by atoms with Gasteiger partial charge in [0.1, 0.15) is 11.7 Å². The Hall–Kier alpha value is -4.08. The number of amides is 2. The Morgan fingerprint density at radius 2 is 1.89 bits per heavy atom. The molecule has 0 aliphatic heterocycles. The Labute approximate surface area is 214 Å². The number of benzene rings is 2. The number of hydrogen-bond acceptors (Lipinski definition) is 10. The van der Waals surface area contributed by atoms with Crippen LogP contribution in [-0.4, -0.2) is 57.5 Å². The number of nitriles is 1. The first-order valence-electron chi connectivity index (χ1n) is 10.7. The number of nitrogens with two attached hydrogens (primary N) is 2. The smallest absolute Gasteiger partial charge is 0.270 e. The highest BCUT2D eigenvalue weighted by Gasteiger charge is 2.21. The summed E-state index contributed by atoms with van der Waals surface area (Å²) in [5.41, 5.74) is 6.56. The molecule has 0 radical (unpaired) electrons. The van der Waals surface area contributed by atoms with Crippen LogP contribution in [-0.2, 0) is 4.79 Å². The highest BCUT2D eigenvalue weighted by molar-refractivity contribution is 7.98. The minimum atomic E-state index is -0.876. The van der Waals surface area contributed by atoms with Gasteiger partial charge in [0.15, 0.2) is 11.5 Å². The van der Waals surface area contributed by atoms with E-state index >= 15 is 0 Å². The second-order valence-corrected chi connectivity index (χ2v) is 8.15. The topological polar surface area (TPSA) is 165 Å². The van der Waals surface area contributed by atoms with E-state index in [1.165, 1.54) is 39.3 Å². The van der Waals surface area contributed by atoms with Gasteiger partial charge in [0.2, 0.25) is 5.75 Å². The minimum absolute atomic E-state index is 0.139. The third-order valence-corrected chi connectivity index (χ3v) is 5.73. The molecular weight excluding hydrogens is 484 g/mol. The van der Waals surface area contributed by atoms with Crippen LogP contribution in [0.4, 0.5) is 0 Å². The predicted molar refractivity (Wildman–Crippen MR) is 136 cm³/mol. The lowest BCUT2D eigenvalue weighted by Crippen LogP contribution is -2.38. The van der Waals surface area contributed by atoms with E-state index in [-0.39, 0.29) is 30.1 Å². The second-order valence-electron chi connectivity index (χ2n) is 7.27. The summed E-state index contributed by atoms with van der Waals surface area (Å²) in [7, 11) is 4.35. The van der Waals surface area contributed by atoms with Crippen molar-refractivity contribution < 1.29 is 23.8 Å². The number of nitrogens with one attached hydrogen (secondary N) is 2. The average molecular weight is 515 g/mol. The van der Waals surface area contributed by atoms with Gasteiger partial charge in [0.25, 0.3) is 11.8 Å². The number of hydrazine groups is 1. The quantitative estimate of drug-likeness (QED) is 0.141. The average Bonchev–Trinajstić information content (AvgIpc) is 2.90. The number of methoxy groups -OCH3 is 3. The Balaban J connectivity index is 1.96. The van der Waals surface area contributed by atoms with Crippen LogP contribution in [0.1, 0.15) is 22.0 Å². The summed E-state index contributed by atoms with van der Waals surface area (Å²) < 4.78 is 15.8. The summed E-state index contributed by atoms with van der Waals surface area (Å²) in [6, 6.07) is 11.6. The van der Waals surface area contributed by atoms with Crippen LogP contribution >= 0.6 is 11.8 Å². The molecule has 11 nitrogen and oxygen atoms in total. The predicted octanol–water partition coefficient (Wildman–Crippen LogP) is 1.52. The first-order valence-corrected chi connectivity index (χ1v) is 11.9. The number of rotatable bonds is 12. The van der Waals surface area contributed by atoms with Crippen molar-refractivity contribution in [2.75, 3.05) is 40.7 Å². The van der Waals surface area contributed by atoms with Gasteiger partial charge in [-0.3, -0.25) is 9.59 Å². The SMILES string of the molecule is COc1ccc(C(=O)NCCN(N)/C=C(\N)C(=O)NC(C#N)c2cccc(SC)c2)c(OC)c1OC. The van der Waals surface area contributed by atoms with Gasteiger partial charge in [-0.25, -0.2) is 5.84 Å². The van der Waals surface area contributed by atoms with E-state index in [4.69, 9.17) is 25.8 Å². The molecule has 0 fully saturated rings. The summed E-state index contributed by atoms with van der Waals surface area (Å²) in [6.07, 6.45) is 3.15. The van der Waals surface area contributed by atoms with E-state index < -0.39 is 17.9 Å². The van der Waals surface area contributed by atoms with E-state index in [0.29, 0.717) is 17.1 Å². The lowest BCUT2D eigenvalue weighted by Gasteiger charge is -2.18. The van der Waals surface area contributed by atoms with Crippen molar-refractivity contribution in [1.29, 1.82) is 5.26 Å². The van der Waals surface area contributed by atoms with E-state index in [9.17, 15) is 14.9 Å². The Bertz CT molecular complexity index is 1150. The van der Waals surface area contributed by atoms with Crippen LogP contribution < -0.4 is 36.4 Å². The standard InChI is InChI=1S/C24H30N6O5S/c1-33-20-9-8-17(21(34-2)22(20)35-3)23(31)28-10-11-30(27)14-18(26)24(32)29-19(13-25)15-6-5-7-16(12-15)36-4/h5-9,12,14,19H,10-11,26-27H2,1-4H3,(H,28,31)(H,29,32)/b18-14-. The third-order valence-electron chi connectivity index (χ3n) is 5.00. The Morgan fingerprint density at radius 3 is 2.50 bits per heavy atom. The molecule has 6 N–H and O–H groups in total. The van der Waals surface area contributed by atoms with Crippen LogP contribution in [0, 0.1) is 11.3 Å². The number of carbonyl (C=O) groups excluding carboxylic acids is 2. The third kappa shape index (κ3) is 7.21. The molecule has 0 spiro atoms. The Kier molecular flexibility index (Phi) is 10.7. The van der Waals surface area contributed by atoms with Crippen molar-refractivity contribution in [1.82, 2.24) is 15.6 Å². The maximum Gasteiger partial charge on any atom is 0.270 e. The molecule has 2 aromatic carbocycles. The maximum absolute atomic E-state index is 12.7. The largest absolute Gasteiger partial charge is 0.493 e. The molecule has 2 aromatic rings. The first kappa shape index (κ1) is 28.2. The molecular formula is C24H30N6O5S. The van der Waals surface area contributed by atoms with Crippen molar-refractivity contribution in [2.45, 2.75) is 10.9 Å². The molecule has 0 saturated carbocycles. The van der Waals surface area contributed by atoms with Crippen LogP contribution in [0.25, 0.3) is 0 Å².